The van der Waals surface area contributed by atoms with Gasteiger partial charge in [0.15, 0.2) is 17.2 Å². The van der Waals surface area contributed by atoms with E-state index in [1.807, 2.05) is 13.8 Å². The summed E-state index contributed by atoms with van der Waals surface area (Å²) in [5.74, 6) is -1.26. The molecule has 1 heterocycles. The first-order valence-corrected chi connectivity index (χ1v) is 10.4. The number of hydrogen-bond donors (Lipinski definition) is 2. The number of aromatic hydroxyl groups is 1. The van der Waals surface area contributed by atoms with Crippen LogP contribution in [0.4, 0.5) is 0 Å². The molecule has 0 radical (unpaired) electrons. The molecule has 7 nitrogen and oxygen atoms in total. The summed E-state index contributed by atoms with van der Waals surface area (Å²) in [5.41, 5.74) is 3.26. The quantitative estimate of drug-likeness (QED) is 0.619. The minimum atomic E-state index is -0.922. The lowest BCUT2D eigenvalue weighted by Crippen LogP contribution is -2.42. The summed E-state index contributed by atoms with van der Waals surface area (Å²) in [7, 11) is 1.37. The Balaban J connectivity index is 2.11. The Morgan fingerprint density at radius 3 is 2.35 bits per heavy atom. The molecule has 1 amide bonds. The maximum Gasteiger partial charge on any atom is 0.328 e. The number of benzene rings is 1. The Morgan fingerprint density at radius 2 is 1.77 bits per heavy atom. The molecule has 1 aromatic carbocycles. The van der Waals surface area contributed by atoms with Gasteiger partial charge in [-0.3, -0.25) is 4.79 Å². The molecule has 0 bridgehead atoms. The maximum absolute atomic E-state index is 12.7. The normalized spacial score (nSPS) is 13.9. The van der Waals surface area contributed by atoms with Crippen molar-refractivity contribution < 1.29 is 24.2 Å². The van der Waals surface area contributed by atoms with Gasteiger partial charge in [0.25, 0.3) is 5.91 Å². The Kier molecular flexibility index (Phi) is 8.02. The van der Waals surface area contributed by atoms with Gasteiger partial charge in [-0.05, 0) is 44.7 Å². The van der Waals surface area contributed by atoms with Gasteiger partial charge in [0, 0.05) is 18.2 Å². The van der Waals surface area contributed by atoms with Gasteiger partial charge in [0.05, 0.1) is 7.11 Å². The van der Waals surface area contributed by atoms with Crippen LogP contribution in [0.2, 0.25) is 0 Å². The van der Waals surface area contributed by atoms with Gasteiger partial charge in [-0.1, -0.05) is 37.6 Å². The van der Waals surface area contributed by atoms with Gasteiger partial charge < -0.3 is 19.9 Å². The third-order valence-corrected chi connectivity index (χ3v) is 5.33. The van der Waals surface area contributed by atoms with Crippen LogP contribution in [-0.2, 0) is 9.53 Å². The molecule has 7 heteroatoms. The van der Waals surface area contributed by atoms with Crippen LogP contribution >= 0.6 is 0 Å². The predicted octanol–water partition coefficient (Wildman–Crippen LogP) is 3.90. The number of carbonyl (C=O) groups excluding carboxylic acids is 2. The highest BCUT2D eigenvalue weighted by atomic mass is 16.5. The molecule has 168 valence electrons. The minimum Gasteiger partial charge on any atom is -0.503 e. The van der Waals surface area contributed by atoms with Gasteiger partial charge in [-0.25, -0.2) is 9.78 Å². The molecule has 0 aliphatic carbocycles. The van der Waals surface area contributed by atoms with E-state index in [1.54, 1.807) is 0 Å². The van der Waals surface area contributed by atoms with Crippen molar-refractivity contribution in [2.45, 2.75) is 59.6 Å². The number of pyridine rings is 1. The number of nitrogens with zero attached hydrogens (tertiary/aromatic N) is 1. The largest absolute Gasteiger partial charge is 0.503 e. The number of amides is 1. The summed E-state index contributed by atoms with van der Waals surface area (Å²) in [6.45, 7) is 11.7. The third kappa shape index (κ3) is 5.75. The van der Waals surface area contributed by atoms with Crippen LogP contribution in [0.1, 0.15) is 60.8 Å². The van der Waals surface area contributed by atoms with Gasteiger partial charge in [-0.15, -0.1) is 0 Å². The van der Waals surface area contributed by atoms with Crippen molar-refractivity contribution in [2.75, 3.05) is 7.11 Å². The molecule has 2 aromatic rings. The third-order valence-electron chi connectivity index (χ3n) is 5.33. The highest BCUT2D eigenvalue weighted by Gasteiger charge is 2.29. The first-order chi connectivity index (χ1) is 14.6. The predicted molar refractivity (Wildman–Crippen MR) is 118 cm³/mol. The molecule has 0 aliphatic heterocycles. The second-order valence-corrected chi connectivity index (χ2v) is 8.18. The van der Waals surface area contributed by atoms with Gasteiger partial charge in [0.1, 0.15) is 12.1 Å². The summed E-state index contributed by atoms with van der Waals surface area (Å²) < 4.78 is 10.7. The fourth-order valence-electron chi connectivity index (χ4n) is 3.80. The molecular formula is C24H32N2O5. The number of hydrogen-bond acceptors (Lipinski definition) is 6. The summed E-state index contributed by atoms with van der Waals surface area (Å²) in [5, 5.41) is 12.6. The van der Waals surface area contributed by atoms with E-state index >= 15 is 0 Å². The van der Waals surface area contributed by atoms with E-state index in [2.05, 4.69) is 49.3 Å². The zero-order chi connectivity index (χ0) is 23.3. The molecule has 31 heavy (non-hydrogen) atoms. The van der Waals surface area contributed by atoms with E-state index in [0.717, 1.165) is 11.1 Å². The number of aromatic nitrogens is 1. The van der Waals surface area contributed by atoms with Crippen LogP contribution in [0.5, 0.6) is 11.5 Å². The van der Waals surface area contributed by atoms with Crippen LogP contribution in [0.3, 0.4) is 0 Å². The topological polar surface area (TPSA) is 97.8 Å². The van der Waals surface area contributed by atoms with Crippen molar-refractivity contribution in [3.05, 3.63) is 52.8 Å². The van der Waals surface area contributed by atoms with Crippen LogP contribution < -0.4 is 10.1 Å². The fourth-order valence-corrected chi connectivity index (χ4v) is 3.80. The first-order valence-electron chi connectivity index (χ1n) is 10.4. The van der Waals surface area contributed by atoms with Gasteiger partial charge >= 0.3 is 5.97 Å². The second-order valence-electron chi connectivity index (χ2n) is 8.18. The van der Waals surface area contributed by atoms with Gasteiger partial charge in [0.2, 0.25) is 0 Å². The number of nitrogens with one attached hydrogen (secondary N) is 1. The zero-order valence-electron chi connectivity index (χ0n) is 19.2. The lowest BCUT2D eigenvalue weighted by Gasteiger charge is -2.30. The molecule has 2 N–H and O–H groups in total. The van der Waals surface area contributed by atoms with E-state index in [0.29, 0.717) is 0 Å². The van der Waals surface area contributed by atoms with E-state index in [9.17, 15) is 14.7 Å². The fraction of sp³-hybridized carbons (Fsp3) is 0.458. The van der Waals surface area contributed by atoms with Crippen molar-refractivity contribution in [3.8, 4) is 11.5 Å². The molecule has 0 saturated heterocycles. The average molecular weight is 429 g/mol. The molecule has 0 spiro atoms. The van der Waals surface area contributed by atoms with E-state index < -0.39 is 24.0 Å². The smallest absolute Gasteiger partial charge is 0.328 e. The number of carbonyl (C=O) groups is 2. The van der Waals surface area contributed by atoms with Crippen LogP contribution in [0, 0.1) is 19.8 Å². The molecule has 0 fully saturated rings. The first kappa shape index (κ1) is 24.2. The average Bonchev–Trinajstić information content (AvgIpc) is 2.69. The Labute approximate surface area is 183 Å². The molecule has 0 saturated carbocycles. The van der Waals surface area contributed by atoms with Gasteiger partial charge in [-0.2, -0.15) is 0 Å². The van der Waals surface area contributed by atoms with Crippen LogP contribution in [0.15, 0.2) is 30.5 Å². The number of ether oxygens (including phenoxy) is 2. The van der Waals surface area contributed by atoms with E-state index in [4.69, 9.17) is 9.47 Å². The molecule has 3 atom stereocenters. The van der Waals surface area contributed by atoms with Crippen molar-refractivity contribution in [1.29, 1.82) is 0 Å². The van der Waals surface area contributed by atoms with Crippen molar-refractivity contribution in [2.24, 2.45) is 5.92 Å². The molecule has 0 aliphatic rings. The van der Waals surface area contributed by atoms with Crippen LogP contribution in [0.25, 0.3) is 0 Å². The van der Waals surface area contributed by atoms with Crippen molar-refractivity contribution >= 4 is 11.9 Å². The second kappa shape index (κ2) is 10.3. The highest BCUT2D eigenvalue weighted by Crippen LogP contribution is 2.32. The number of methoxy groups -OCH3 is 1. The number of aryl methyl sites for hydroxylation is 2. The van der Waals surface area contributed by atoms with Crippen molar-refractivity contribution in [3.63, 3.8) is 0 Å². The Morgan fingerprint density at radius 1 is 1.10 bits per heavy atom. The number of rotatable bonds is 8. The molecule has 2 rings (SSSR count). The lowest BCUT2D eigenvalue weighted by atomic mass is 9.82. The van der Waals surface area contributed by atoms with E-state index in [-0.39, 0.29) is 29.0 Å². The molecular weight excluding hydrogens is 396 g/mol. The van der Waals surface area contributed by atoms with Crippen molar-refractivity contribution in [1.82, 2.24) is 10.3 Å². The summed E-state index contributed by atoms with van der Waals surface area (Å²) in [4.78, 5) is 29.0. The number of esters is 1. The maximum atomic E-state index is 12.7. The molecule has 1 aromatic heterocycles. The summed E-state index contributed by atoms with van der Waals surface area (Å²) >= 11 is 0. The van der Waals surface area contributed by atoms with E-state index in [1.165, 1.54) is 31.9 Å². The Hall–Kier alpha value is -3.09. The minimum absolute atomic E-state index is 0.0107. The standard InChI is InChI=1S/C24H32N2O5/c1-13(2)20(18-9-8-14(3)12-15(18)4)17(6)31-24(29)16(5)26-23(28)21-22(27)19(30-7)10-11-25-21/h8-13,16-17,20,27H,1-7H3,(H,26,28)/t16?,17-,20-/m0/s1. The SMILES string of the molecule is COc1ccnc(C(=O)NC(C)C(=O)O[C@@H](C)[C@@H](c2ccc(C)cc2C)C(C)C)c1O. The summed E-state index contributed by atoms with van der Waals surface area (Å²) in [6.07, 6.45) is 0.951. The monoisotopic (exact) mass is 428 g/mol. The highest BCUT2D eigenvalue weighted by molar-refractivity contribution is 5.97. The molecule has 1 unspecified atom stereocenters. The van der Waals surface area contributed by atoms with Crippen LogP contribution in [-0.4, -0.2) is 41.2 Å². The summed E-state index contributed by atoms with van der Waals surface area (Å²) in [6, 6.07) is 6.78. The zero-order valence-corrected chi connectivity index (χ0v) is 19.2. The lowest BCUT2D eigenvalue weighted by molar-refractivity contribution is -0.151. The Bertz CT molecular complexity index is 942.